The van der Waals surface area contributed by atoms with Gasteiger partial charge in [0.25, 0.3) is 5.91 Å². The highest BCUT2D eigenvalue weighted by molar-refractivity contribution is 5.91. The first-order valence-corrected chi connectivity index (χ1v) is 6.70. The summed E-state index contributed by atoms with van der Waals surface area (Å²) in [5, 5.41) is 4.42. The van der Waals surface area contributed by atoms with Gasteiger partial charge in [0.2, 0.25) is 5.76 Å². The Hall–Kier alpha value is -2.63. The smallest absolute Gasteiger partial charge is 0.292 e. The molecule has 21 heavy (non-hydrogen) atoms. The van der Waals surface area contributed by atoms with Gasteiger partial charge in [-0.05, 0) is 24.3 Å². The SMILES string of the molecule is O=C(c1ccno1)N1CCn2c(cc3cc(F)ccc32)C1. The summed E-state index contributed by atoms with van der Waals surface area (Å²) in [5.74, 6) is -0.180. The maximum absolute atomic E-state index is 13.3. The molecule has 0 radical (unpaired) electrons. The zero-order valence-electron chi connectivity index (χ0n) is 11.1. The summed E-state index contributed by atoms with van der Waals surface area (Å²) in [6.07, 6.45) is 1.46. The fourth-order valence-electron chi connectivity index (χ4n) is 2.84. The van der Waals surface area contributed by atoms with Gasteiger partial charge in [-0.15, -0.1) is 0 Å². The molecule has 0 saturated heterocycles. The average Bonchev–Trinajstić information content (AvgIpc) is 3.12. The molecule has 0 fully saturated rings. The Morgan fingerprint density at radius 1 is 1.24 bits per heavy atom. The van der Waals surface area contributed by atoms with E-state index in [-0.39, 0.29) is 17.5 Å². The van der Waals surface area contributed by atoms with E-state index < -0.39 is 0 Å². The summed E-state index contributed by atoms with van der Waals surface area (Å²) in [6.45, 7) is 1.76. The summed E-state index contributed by atoms with van der Waals surface area (Å²) in [6, 6.07) is 8.24. The molecule has 0 spiro atoms. The third-order valence-electron chi connectivity index (χ3n) is 3.83. The van der Waals surface area contributed by atoms with E-state index in [0.29, 0.717) is 19.6 Å². The second kappa shape index (κ2) is 4.44. The van der Waals surface area contributed by atoms with Crippen LogP contribution in [-0.2, 0) is 13.1 Å². The van der Waals surface area contributed by atoms with Crippen molar-refractivity contribution in [1.82, 2.24) is 14.6 Å². The first kappa shape index (κ1) is 12.1. The fraction of sp³-hybridized carbons (Fsp3) is 0.200. The van der Waals surface area contributed by atoms with Crippen LogP contribution >= 0.6 is 0 Å². The second-order valence-electron chi connectivity index (χ2n) is 5.09. The Bertz CT molecular complexity index is 823. The number of nitrogens with zero attached hydrogens (tertiary/aromatic N) is 3. The van der Waals surface area contributed by atoms with Gasteiger partial charge in [0, 0.05) is 35.8 Å². The lowest BCUT2D eigenvalue weighted by Gasteiger charge is -2.28. The molecule has 1 amide bonds. The molecule has 1 aliphatic rings. The third kappa shape index (κ3) is 1.91. The van der Waals surface area contributed by atoms with Crippen molar-refractivity contribution < 1.29 is 13.7 Å². The van der Waals surface area contributed by atoms with Crippen molar-refractivity contribution >= 4 is 16.8 Å². The third-order valence-corrected chi connectivity index (χ3v) is 3.83. The van der Waals surface area contributed by atoms with Crippen LogP contribution in [0.15, 0.2) is 41.1 Å². The molecule has 2 aromatic heterocycles. The number of rotatable bonds is 1. The lowest BCUT2D eigenvalue weighted by molar-refractivity contribution is 0.0670. The van der Waals surface area contributed by atoms with Crippen LogP contribution in [0.25, 0.3) is 10.9 Å². The highest BCUT2D eigenvalue weighted by atomic mass is 19.1. The Kier molecular flexibility index (Phi) is 2.57. The van der Waals surface area contributed by atoms with Crippen LogP contribution in [-0.4, -0.2) is 27.1 Å². The first-order chi connectivity index (χ1) is 10.2. The van der Waals surface area contributed by atoms with Gasteiger partial charge < -0.3 is 14.0 Å². The highest BCUT2D eigenvalue weighted by Crippen LogP contribution is 2.25. The number of amides is 1. The lowest BCUT2D eigenvalue weighted by atomic mass is 10.2. The number of benzene rings is 1. The van der Waals surface area contributed by atoms with E-state index in [9.17, 15) is 9.18 Å². The van der Waals surface area contributed by atoms with Gasteiger partial charge >= 0.3 is 0 Å². The van der Waals surface area contributed by atoms with Gasteiger partial charge in [-0.3, -0.25) is 4.79 Å². The summed E-state index contributed by atoms with van der Waals surface area (Å²) < 4.78 is 20.3. The molecule has 0 bridgehead atoms. The summed E-state index contributed by atoms with van der Waals surface area (Å²) in [5.41, 5.74) is 1.99. The van der Waals surface area contributed by atoms with Crippen molar-refractivity contribution in [2.24, 2.45) is 0 Å². The average molecular weight is 285 g/mol. The molecule has 0 N–H and O–H groups in total. The normalized spacial score (nSPS) is 14.4. The van der Waals surface area contributed by atoms with Gasteiger partial charge in [0.1, 0.15) is 5.82 Å². The van der Waals surface area contributed by atoms with Crippen molar-refractivity contribution in [1.29, 1.82) is 0 Å². The molecule has 0 saturated carbocycles. The molecule has 3 aromatic rings. The standard InChI is InChI=1S/C15H12FN3O2/c16-11-1-2-13-10(7-11)8-12-9-18(5-6-19(12)13)15(20)14-3-4-17-21-14/h1-4,7-8H,5-6,9H2. The molecule has 0 atom stereocenters. The van der Waals surface area contributed by atoms with Crippen LogP contribution in [0.3, 0.4) is 0 Å². The number of fused-ring (bicyclic) bond motifs is 3. The largest absolute Gasteiger partial charge is 0.351 e. The highest BCUT2D eigenvalue weighted by Gasteiger charge is 2.25. The summed E-state index contributed by atoms with van der Waals surface area (Å²) in [7, 11) is 0. The Labute approximate surface area is 119 Å². The number of carbonyl (C=O) groups is 1. The quantitative estimate of drug-likeness (QED) is 0.690. The second-order valence-corrected chi connectivity index (χ2v) is 5.09. The monoisotopic (exact) mass is 285 g/mol. The Morgan fingerprint density at radius 2 is 2.14 bits per heavy atom. The van der Waals surface area contributed by atoms with Crippen LogP contribution in [0.1, 0.15) is 16.2 Å². The lowest BCUT2D eigenvalue weighted by Crippen LogP contribution is -2.37. The van der Waals surface area contributed by atoms with Crippen LogP contribution < -0.4 is 0 Å². The van der Waals surface area contributed by atoms with Crippen molar-refractivity contribution in [3.63, 3.8) is 0 Å². The van der Waals surface area contributed by atoms with E-state index in [1.807, 2.05) is 6.07 Å². The minimum atomic E-state index is -0.250. The first-order valence-electron chi connectivity index (χ1n) is 6.70. The number of carbonyl (C=O) groups excluding carboxylic acids is 1. The van der Waals surface area contributed by atoms with Gasteiger partial charge in [0.05, 0.1) is 12.7 Å². The molecule has 1 aromatic carbocycles. The van der Waals surface area contributed by atoms with E-state index in [1.54, 1.807) is 17.0 Å². The predicted molar refractivity (Wildman–Crippen MR) is 73.1 cm³/mol. The van der Waals surface area contributed by atoms with E-state index in [4.69, 9.17) is 4.52 Å². The Balaban J connectivity index is 1.69. The van der Waals surface area contributed by atoms with Gasteiger partial charge in [-0.25, -0.2) is 4.39 Å². The molecule has 6 heteroatoms. The molecular weight excluding hydrogens is 273 g/mol. The summed E-state index contributed by atoms with van der Waals surface area (Å²) in [4.78, 5) is 14.0. The van der Waals surface area contributed by atoms with Gasteiger partial charge in [-0.1, -0.05) is 5.16 Å². The number of halogens is 1. The minimum Gasteiger partial charge on any atom is -0.351 e. The molecule has 4 rings (SSSR count). The number of aromatic nitrogens is 2. The molecule has 106 valence electrons. The topological polar surface area (TPSA) is 51.3 Å². The van der Waals surface area contributed by atoms with E-state index in [0.717, 1.165) is 16.6 Å². The van der Waals surface area contributed by atoms with E-state index in [2.05, 4.69) is 9.72 Å². The Morgan fingerprint density at radius 3 is 2.95 bits per heavy atom. The van der Waals surface area contributed by atoms with Crippen LogP contribution in [0.5, 0.6) is 0 Å². The zero-order valence-corrected chi connectivity index (χ0v) is 11.1. The maximum Gasteiger partial charge on any atom is 0.292 e. The molecule has 3 heterocycles. The molecule has 5 nitrogen and oxygen atoms in total. The van der Waals surface area contributed by atoms with Crippen molar-refractivity contribution in [3.8, 4) is 0 Å². The van der Waals surface area contributed by atoms with Gasteiger partial charge in [0.15, 0.2) is 0 Å². The molecular formula is C15H12FN3O2. The maximum atomic E-state index is 13.3. The van der Waals surface area contributed by atoms with Gasteiger partial charge in [-0.2, -0.15) is 0 Å². The number of hydrogen-bond acceptors (Lipinski definition) is 3. The number of hydrogen-bond donors (Lipinski definition) is 0. The van der Waals surface area contributed by atoms with E-state index in [1.165, 1.54) is 18.3 Å². The van der Waals surface area contributed by atoms with E-state index >= 15 is 0 Å². The van der Waals surface area contributed by atoms with Crippen molar-refractivity contribution in [2.75, 3.05) is 6.54 Å². The minimum absolute atomic E-state index is 0.171. The zero-order chi connectivity index (χ0) is 14.4. The van der Waals surface area contributed by atoms with Crippen molar-refractivity contribution in [2.45, 2.75) is 13.1 Å². The molecule has 0 unspecified atom stereocenters. The van der Waals surface area contributed by atoms with Crippen LogP contribution in [0.4, 0.5) is 4.39 Å². The van der Waals surface area contributed by atoms with Crippen LogP contribution in [0.2, 0.25) is 0 Å². The fourth-order valence-corrected chi connectivity index (χ4v) is 2.84. The van der Waals surface area contributed by atoms with Crippen LogP contribution in [0, 0.1) is 5.82 Å². The molecule has 0 aliphatic carbocycles. The summed E-state index contributed by atoms with van der Waals surface area (Å²) >= 11 is 0. The van der Waals surface area contributed by atoms with Crippen molar-refractivity contribution in [3.05, 3.63) is 53.8 Å². The predicted octanol–water partition coefficient (Wildman–Crippen LogP) is 2.42. The molecule has 1 aliphatic heterocycles.